The number of benzene rings is 3. The first-order valence-electron chi connectivity index (χ1n) is 13.0. The fraction of sp³-hybridized carbons (Fsp3) is 0.300. The number of carbonyl (C=O) groups excluding carboxylic acids is 1. The number of non-ortho nitro benzene ring substituents is 1. The average Bonchev–Trinajstić information content (AvgIpc) is 2.93. The summed E-state index contributed by atoms with van der Waals surface area (Å²) in [5.74, 6) is 1.01. The lowest BCUT2D eigenvalue weighted by atomic mass is 10.1. The lowest BCUT2D eigenvalue weighted by Crippen LogP contribution is -2.38. The Morgan fingerprint density at radius 2 is 1.77 bits per heavy atom. The second-order valence-electron chi connectivity index (χ2n) is 9.72. The molecule has 0 aliphatic heterocycles. The molecule has 0 N–H and O–H groups in total. The van der Waals surface area contributed by atoms with Crippen molar-refractivity contribution < 1.29 is 14.5 Å². The number of amides is 1. The molecule has 0 fully saturated rings. The van der Waals surface area contributed by atoms with Gasteiger partial charge < -0.3 is 9.64 Å². The molecule has 3 aromatic carbocycles. The van der Waals surface area contributed by atoms with E-state index in [2.05, 4.69) is 13.8 Å². The molecule has 1 atom stereocenters. The van der Waals surface area contributed by atoms with Gasteiger partial charge in [-0.05, 0) is 68.7 Å². The smallest absolute Gasteiger partial charge is 0.270 e. The maximum absolute atomic E-state index is 13.8. The fourth-order valence-corrected chi connectivity index (χ4v) is 4.46. The predicted octanol–water partition coefficient (Wildman–Crippen LogP) is 5.94. The molecule has 202 valence electrons. The van der Waals surface area contributed by atoms with E-state index in [1.807, 2.05) is 19.9 Å². The Kier molecular flexibility index (Phi) is 8.39. The van der Waals surface area contributed by atoms with Crippen molar-refractivity contribution in [3.63, 3.8) is 0 Å². The Hall–Kier alpha value is -4.53. The number of fused-ring (bicyclic) bond motifs is 1. The quantitative estimate of drug-likeness (QED) is 0.186. The van der Waals surface area contributed by atoms with E-state index in [9.17, 15) is 19.7 Å². The zero-order valence-electron chi connectivity index (χ0n) is 22.5. The van der Waals surface area contributed by atoms with Gasteiger partial charge in [0.05, 0.1) is 34.2 Å². The highest BCUT2D eigenvalue weighted by Crippen LogP contribution is 2.27. The summed E-state index contributed by atoms with van der Waals surface area (Å²) < 4.78 is 7.10. The number of nitro benzene ring substituents is 1. The van der Waals surface area contributed by atoms with E-state index in [0.29, 0.717) is 53.7 Å². The Labute approximate surface area is 226 Å². The van der Waals surface area contributed by atoms with Gasteiger partial charge in [0.15, 0.2) is 0 Å². The van der Waals surface area contributed by atoms with Gasteiger partial charge in [-0.15, -0.1) is 0 Å². The normalized spacial score (nSPS) is 11.9. The highest BCUT2D eigenvalue weighted by atomic mass is 16.6. The van der Waals surface area contributed by atoms with Gasteiger partial charge in [0.1, 0.15) is 11.6 Å². The van der Waals surface area contributed by atoms with Crippen LogP contribution in [0.3, 0.4) is 0 Å². The molecule has 0 bridgehead atoms. The zero-order chi connectivity index (χ0) is 28.1. The minimum Gasteiger partial charge on any atom is -0.494 e. The molecule has 9 heteroatoms. The molecular formula is C30H32N4O5. The van der Waals surface area contributed by atoms with E-state index in [4.69, 9.17) is 9.72 Å². The number of nitrogens with zero attached hydrogens (tertiary/aromatic N) is 4. The molecule has 0 radical (unpaired) electrons. The number of carbonyl (C=O) groups is 1. The Morgan fingerprint density at radius 3 is 2.44 bits per heavy atom. The van der Waals surface area contributed by atoms with Gasteiger partial charge in [0.25, 0.3) is 17.2 Å². The lowest BCUT2D eigenvalue weighted by Gasteiger charge is -2.31. The van der Waals surface area contributed by atoms with Crippen LogP contribution < -0.4 is 10.3 Å². The van der Waals surface area contributed by atoms with Crippen molar-refractivity contribution in [1.82, 2.24) is 14.5 Å². The first-order chi connectivity index (χ1) is 18.7. The molecule has 39 heavy (non-hydrogen) atoms. The molecule has 1 aromatic heterocycles. The van der Waals surface area contributed by atoms with Crippen LogP contribution in [0.1, 0.15) is 56.3 Å². The number of para-hydroxylation sites is 1. The first-order valence-corrected chi connectivity index (χ1v) is 13.0. The van der Waals surface area contributed by atoms with Gasteiger partial charge in [-0.2, -0.15) is 0 Å². The first kappa shape index (κ1) is 27.5. The van der Waals surface area contributed by atoms with Crippen molar-refractivity contribution in [2.75, 3.05) is 13.2 Å². The molecule has 1 unspecified atom stereocenters. The van der Waals surface area contributed by atoms with Crippen molar-refractivity contribution in [2.24, 2.45) is 5.92 Å². The number of hydrogen-bond acceptors (Lipinski definition) is 6. The van der Waals surface area contributed by atoms with E-state index in [-0.39, 0.29) is 22.7 Å². The minimum atomic E-state index is -0.626. The molecule has 1 heterocycles. The standard InChI is InChI=1S/C30H32N4O5/c1-5-39-25-15-13-23(14-16-25)33-28(31-27-12-7-6-11-26(27)30(33)36)21(4)32(18-17-20(2)3)29(35)22-9-8-10-24(19-22)34(37)38/h6-16,19-21H,5,17-18H2,1-4H3. The summed E-state index contributed by atoms with van der Waals surface area (Å²) in [6.45, 7) is 8.75. The van der Waals surface area contributed by atoms with E-state index < -0.39 is 11.0 Å². The van der Waals surface area contributed by atoms with Crippen LogP contribution in [0.5, 0.6) is 5.75 Å². The van der Waals surface area contributed by atoms with Crippen LogP contribution in [0.2, 0.25) is 0 Å². The monoisotopic (exact) mass is 528 g/mol. The lowest BCUT2D eigenvalue weighted by molar-refractivity contribution is -0.384. The largest absolute Gasteiger partial charge is 0.494 e. The summed E-state index contributed by atoms with van der Waals surface area (Å²) in [4.78, 5) is 45.0. The summed E-state index contributed by atoms with van der Waals surface area (Å²) in [5, 5.41) is 11.8. The maximum atomic E-state index is 13.8. The Morgan fingerprint density at radius 1 is 1.05 bits per heavy atom. The van der Waals surface area contributed by atoms with Crippen molar-refractivity contribution in [3.05, 3.63) is 105 Å². The van der Waals surface area contributed by atoms with Crippen molar-refractivity contribution in [2.45, 2.75) is 40.2 Å². The fourth-order valence-electron chi connectivity index (χ4n) is 4.46. The van der Waals surface area contributed by atoms with Gasteiger partial charge in [-0.25, -0.2) is 4.98 Å². The summed E-state index contributed by atoms with van der Waals surface area (Å²) in [6, 6.07) is 19.4. The predicted molar refractivity (Wildman–Crippen MR) is 151 cm³/mol. The van der Waals surface area contributed by atoms with Gasteiger partial charge in [-0.3, -0.25) is 24.3 Å². The molecule has 0 saturated heterocycles. The molecule has 0 aliphatic rings. The zero-order valence-corrected chi connectivity index (χ0v) is 22.5. The SMILES string of the molecule is CCOc1ccc(-n2c(C(C)N(CCC(C)C)C(=O)c3cccc([N+](=O)[O-])c3)nc3ccccc3c2=O)cc1. The number of rotatable bonds is 10. The van der Waals surface area contributed by atoms with Crippen LogP contribution in [0.25, 0.3) is 16.6 Å². The topological polar surface area (TPSA) is 108 Å². The summed E-state index contributed by atoms with van der Waals surface area (Å²) in [7, 11) is 0. The molecule has 4 rings (SSSR count). The van der Waals surface area contributed by atoms with Crippen LogP contribution in [0.4, 0.5) is 5.69 Å². The number of aromatic nitrogens is 2. The number of nitro groups is 1. The van der Waals surface area contributed by atoms with E-state index >= 15 is 0 Å². The summed E-state index contributed by atoms with van der Waals surface area (Å²) in [6.07, 6.45) is 0.700. The number of ether oxygens (including phenoxy) is 1. The maximum Gasteiger partial charge on any atom is 0.270 e. The van der Waals surface area contributed by atoms with Crippen LogP contribution in [-0.2, 0) is 0 Å². The number of hydrogen-bond donors (Lipinski definition) is 0. The Balaban J connectivity index is 1.87. The molecule has 0 spiro atoms. The van der Waals surface area contributed by atoms with E-state index in [1.165, 1.54) is 22.8 Å². The van der Waals surface area contributed by atoms with Crippen molar-refractivity contribution in [3.8, 4) is 11.4 Å². The minimum absolute atomic E-state index is 0.160. The molecular weight excluding hydrogens is 496 g/mol. The Bertz CT molecular complexity index is 1550. The van der Waals surface area contributed by atoms with Gasteiger partial charge in [0.2, 0.25) is 0 Å². The van der Waals surface area contributed by atoms with Crippen molar-refractivity contribution in [1.29, 1.82) is 0 Å². The van der Waals surface area contributed by atoms with Crippen molar-refractivity contribution >= 4 is 22.5 Å². The van der Waals surface area contributed by atoms with Crippen LogP contribution in [-0.4, -0.2) is 38.4 Å². The van der Waals surface area contributed by atoms with Gasteiger partial charge in [0, 0.05) is 24.2 Å². The third kappa shape index (κ3) is 5.98. The second kappa shape index (κ2) is 11.9. The average molecular weight is 529 g/mol. The van der Waals surface area contributed by atoms with E-state index in [1.54, 1.807) is 53.4 Å². The third-order valence-electron chi connectivity index (χ3n) is 6.56. The second-order valence-corrected chi connectivity index (χ2v) is 9.72. The molecule has 9 nitrogen and oxygen atoms in total. The van der Waals surface area contributed by atoms with Crippen LogP contribution in [0, 0.1) is 16.0 Å². The molecule has 0 aliphatic carbocycles. The summed E-state index contributed by atoms with van der Waals surface area (Å²) >= 11 is 0. The van der Waals surface area contributed by atoms with Crippen LogP contribution >= 0.6 is 0 Å². The van der Waals surface area contributed by atoms with Crippen LogP contribution in [0.15, 0.2) is 77.6 Å². The molecule has 1 amide bonds. The molecule has 4 aromatic rings. The highest BCUT2D eigenvalue weighted by Gasteiger charge is 2.28. The molecule has 0 saturated carbocycles. The third-order valence-corrected chi connectivity index (χ3v) is 6.56. The highest BCUT2D eigenvalue weighted by molar-refractivity contribution is 5.95. The van der Waals surface area contributed by atoms with Gasteiger partial charge >= 0.3 is 0 Å². The van der Waals surface area contributed by atoms with Gasteiger partial charge in [-0.1, -0.05) is 32.0 Å². The summed E-state index contributed by atoms with van der Waals surface area (Å²) in [5.41, 5.74) is 0.912. The van der Waals surface area contributed by atoms with E-state index in [0.717, 1.165) is 0 Å².